The quantitative estimate of drug-likeness (QED) is 0.275. The van der Waals surface area contributed by atoms with E-state index in [1.165, 1.54) is 18.2 Å². The molecule has 36 heavy (non-hydrogen) atoms. The van der Waals surface area contributed by atoms with E-state index < -0.39 is 6.36 Å². The molecule has 1 aliphatic rings. The van der Waals surface area contributed by atoms with Gasteiger partial charge in [0.15, 0.2) is 5.78 Å². The van der Waals surface area contributed by atoms with E-state index in [1.807, 2.05) is 23.6 Å². The molecule has 3 heterocycles. The summed E-state index contributed by atoms with van der Waals surface area (Å²) in [7, 11) is 0. The molecular formula is C25H26F3N5O3. The van der Waals surface area contributed by atoms with Gasteiger partial charge in [0.25, 0.3) is 0 Å². The molecular weight excluding hydrogens is 475 g/mol. The first-order valence-electron chi connectivity index (χ1n) is 11.9. The first kappa shape index (κ1) is 24.1. The number of halogens is 3. The van der Waals surface area contributed by atoms with Gasteiger partial charge >= 0.3 is 6.36 Å². The topological polar surface area (TPSA) is 94.1 Å². The smallest absolute Gasteiger partial charge is 0.406 e. The molecule has 0 aliphatic carbocycles. The van der Waals surface area contributed by atoms with E-state index in [9.17, 15) is 18.0 Å². The van der Waals surface area contributed by atoms with Crippen molar-refractivity contribution in [1.29, 1.82) is 0 Å². The molecule has 190 valence electrons. The lowest BCUT2D eigenvalue weighted by Crippen LogP contribution is -2.16. The monoisotopic (exact) mass is 501 g/mol. The molecule has 0 radical (unpaired) electrons. The minimum atomic E-state index is -4.78. The maximum Gasteiger partial charge on any atom is 0.573 e. The second kappa shape index (κ2) is 9.81. The highest BCUT2D eigenvalue weighted by atomic mass is 19.4. The summed E-state index contributed by atoms with van der Waals surface area (Å²) in [5.41, 5.74) is 3.03. The number of H-pyrrole nitrogens is 1. The van der Waals surface area contributed by atoms with Gasteiger partial charge in [-0.05, 0) is 43.2 Å². The summed E-state index contributed by atoms with van der Waals surface area (Å²) >= 11 is 0. The van der Waals surface area contributed by atoms with Gasteiger partial charge in [-0.25, -0.2) is 9.97 Å². The Hall–Kier alpha value is -3.60. The van der Waals surface area contributed by atoms with Crippen LogP contribution in [0.4, 0.5) is 25.1 Å². The fourth-order valence-electron chi connectivity index (χ4n) is 4.40. The van der Waals surface area contributed by atoms with Crippen LogP contribution in [0.5, 0.6) is 5.75 Å². The Labute approximate surface area is 204 Å². The third kappa shape index (κ3) is 5.30. The zero-order chi connectivity index (χ0) is 25.3. The second-order valence-corrected chi connectivity index (χ2v) is 8.94. The fraction of sp³-hybridized carbons (Fsp3) is 0.400. The number of unbranched alkanes of at least 4 members (excludes halogenated alkanes) is 1. The average molecular weight is 502 g/mol. The summed E-state index contributed by atoms with van der Waals surface area (Å²) in [6.07, 6.45) is -1.57. The van der Waals surface area contributed by atoms with Gasteiger partial charge in [-0.2, -0.15) is 0 Å². The first-order chi connectivity index (χ1) is 17.3. The van der Waals surface area contributed by atoms with E-state index in [4.69, 9.17) is 9.72 Å². The summed E-state index contributed by atoms with van der Waals surface area (Å²) in [5.74, 6) is 0.903. The number of carbonyl (C=O) groups is 1. The van der Waals surface area contributed by atoms with Gasteiger partial charge in [0.05, 0.1) is 28.7 Å². The Morgan fingerprint density at radius 3 is 2.83 bits per heavy atom. The molecule has 1 unspecified atom stereocenters. The zero-order valence-electron chi connectivity index (χ0n) is 19.7. The van der Waals surface area contributed by atoms with Crippen molar-refractivity contribution in [3.8, 4) is 5.75 Å². The van der Waals surface area contributed by atoms with Crippen molar-refractivity contribution >= 4 is 39.7 Å². The van der Waals surface area contributed by atoms with Crippen molar-refractivity contribution in [2.45, 2.75) is 45.5 Å². The number of nitrogens with one attached hydrogen (secondary N) is 2. The molecule has 2 aromatic carbocycles. The molecule has 0 saturated carbocycles. The average Bonchev–Trinajstić information content (AvgIpc) is 3.55. The lowest BCUT2D eigenvalue weighted by molar-refractivity contribution is -0.274. The minimum Gasteiger partial charge on any atom is -0.406 e. The Morgan fingerprint density at radius 2 is 2.08 bits per heavy atom. The lowest BCUT2D eigenvalue weighted by atomic mass is 10.0. The van der Waals surface area contributed by atoms with Crippen molar-refractivity contribution in [3.05, 3.63) is 42.0 Å². The second-order valence-electron chi connectivity index (χ2n) is 8.94. The summed E-state index contributed by atoms with van der Waals surface area (Å²) in [4.78, 5) is 24.7. The maximum atomic E-state index is 12.6. The largest absolute Gasteiger partial charge is 0.573 e. The SMILES string of the molecule is CCCCC(=O)c1ccc2c(c1)nc(Nc1nc3ccc(OC(F)(F)F)cc3[nH]1)n2CC1CCOC1. The highest BCUT2D eigenvalue weighted by molar-refractivity contribution is 5.99. The Kier molecular flexibility index (Phi) is 6.57. The lowest BCUT2D eigenvalue weighted by Gasteiger charge is -2.13. The molecule has 2 aromatic heterocycles. The van der Waals surface area contributed by atoms with Crippen molar-refractivity contribution in [1.82, 2.24) is 19.5 Å². The Balaban J connectivity index is 1.47. The van der Waals surface area contributed by atoms with Gasteiger partial charge in [0, 0.05) is 37.1 Å². The highest BCUT2D eigenvalue weighted by Gasteiger charge is 2.31. The van der Waals surface area contributed by atoms with E-state index in [-0.39, 0.29) is 11.5 Å². The number of alkyl halides is 3. The summed E-state index contributed by atoms with van der Waals surface area (Å²) in [5, 5.41) is 3.17. The summed E-state index contributed by atoms with van der Waals surface area (Å²) in [6.45, 7) is 4.07. The van der Waals surface area contributed by atoms with Crippen molar-refractivity contribution < 1.29 is 27.4 Å². The number of hydrogen-bond donors (Lipinski definition) is 2. The number of carbonyl (C=O) groups excluding carboxylic acids is 1. The van der Waals surface area contributed by atoms with Gasteiger partial charge in [0.2, 0.25) is 11.9 Å². The Bertz CT molecular complexity index is 1390. The minimum absolute atomic E-state index is 0.0844. The van der Waals surface area contributed by atoms with Crippen LogP contribution in [0.3, 0.4) is 0 Å². The third-order valence-electron chi connectivity index (χ3n) is 6.21. The van der Waals surface area contributed by atoms with Crippen LogP contribution in [0, 0.1) is 5.92 Å². The number of imidazole rings is 2. The van der Waals surface area contributed by atoms with Gasteiger partial charge in [-0.3, -0.25) is 10.1 Å². The van der Waals surface area contributed by atoms with Gasteiger partial charge in [-0.1, -0.05) is 13.3 Å². The van der Waals surface area contributed by atoms with Gasteiger partial charge in [-0.15, -0.1) is 13.2 Å². The third-order valence-corrected chi connectivity index (χ3v) is 6.21. The van der Waals surface area contributed by atoms with Crippen LogP contribution in [-0.4, -0.2) is 44.9 Å². The molecule has 1 saturated heterocycles. The highest BCUT2D eigenvalue weighted by Crippen LogP contribution is 2.29. The van der Waals surface area contributed by atoms with E-state index >= 15 is 0 Å². The molecule has 4 aromatic rings. The standard InChI is InChI=1S/C25H26F3N5O3/c1-2-3-4-22(34)16-5-8-21-20(11-16)31-24(33(21)13-15-9-10-35-14-15)32-23-29-18-7-6-17(12-19(18)30-23)36-25(26,27)28/h5-8,11-12,15H,2-4,9-10,13-14H2,1H3,(H2,29,30,31,32). The van der Waals surface area contributed by atoms with E-state index in [2.05, 4.69) is 20.0 Å². The number of aromatic nitrogens is 4. The van der Waals surface area contributed by atoms with Crippen molar-refractivity contribution in [2.75, 3.05) is 18.5 Å². The van der Waals surface area contributed by atoms with Crippen molar-refractivity contribution in [2.24, 2.45) is 5.92 Å². The molecule has 8 nitrogen and oxygen atoms in total. The predicted octanol–water partition coefficient (Wildman–Crippen LogP) is 5.96. The molecule has 0 spiro atoms. The molecule has 2 N–H and O–H groups in total. The van der Waals surface area contributed by atoms with Crippen LogP contribution in [0.2, 0.25) is 0 Å². The van der Waals surface area contributed by atoms with E-state index in [0.29, 0.717) is 66.1 Å². The number of benzene rings is 2. The number of hydrogen-bond acceptors (Lipinski definition) is 6. The summed E-state index contributed by atoms with van der Waals surface area (Å²) < 4.78 is 49.3. The number of rotatable bonds is 9. The molecule has 1 fully saturated rings. The molecule has 0 amide bonds. The molecule has 5 rings (SSSR count). The molecule has 1 aliphatic heterocycles. The maximum absolute atomic E-state index is 12.6. The van der Waals surface area contributed by atoms with Crippen LogP contribution >= 0.6 is 0 Å². The molecule has 11 heteroatoms. The van der Waals surface area contributed by atoms with E-state index in [1.54, 1.807) is 6.07 Å². The first-order valence-corrected chi connectivity index (χ1v) is 11.9. The Morgan fingerprint density at radius 1 is 1.22 bits per heavy atom. The number of nitrogens with zero attached hydrogens (tertiary/aromatic N) is 3. The van der Waals surface area contributed by atoms with Gasteiger partial charge < -0.3 is 19.0 Å². The number of fused-ring (bicyclic) bond motifs is 2. The number of ether oxygens (including phenoxy) is 2. The number of aromatic amines is 1. The van der Waals surface area contributed by atoms with E-state index in [0.717, 1.165) is 24.8 Å². The summed E-state index contributed by atoms with van der Waals surface area (Å²) in [6, 6.07) is 9.45. The van der Waals surface area contributed by atoms with Crippen LogP contribution < -0.4 is 10.1 Å². The zero-order valence-corrected chi connectivity index (χ0v) is 19.7. The van der Waals surface area contributed by atoms with Crippen molar-refractivity contribution in [3.63, 3.8) is 0 Å². The number of anilines is 2. The van der Waals surface area contributed by atoms with Crippen LogP contribution in [0.25, 0.3) is 22.1 Å². The number of ketones is 1. The van der Waals surface area contributed by atoms with Crippen LogP contribution in [0.1, 0.15) is 43.0 Å². The number of Topliss-reactive ketones (excluding diaryl/α,β-unsaturated/α-hetero) is 1. The molecule has 0 bridgehead atoms. The predicted molar refractivity (Wildman–Crippen MR) is 129 cm³/mol. The van der Waals surface area contributed by atoms with Crippen LogP contribution in [0.15, 0.2) is 36.4 Å². The van der Waals surface area contributed by atoms with Crippen LogP contribution in [-0.2, 0) is 11.3 Å². The molecule has 1 atom stereocenters. The normalized spacial score (nSPS) is 16.2. The fourth-order valence-corrected chi connectivity index (χ4v) is 4.40. The van der Waals surface area contributed by atoms with Gasteiger partial charge in [0.1, 0.15) is 5.75 Å².